The van der Waals surface area contributed by atoms with Crippen molar-refractivity contribution in [2.24, 2.45) is 0 Å². The molecule has 1 atom stereocenters. The predicted molar refractivity (Wildman–Crippen MR) is 26.7 cm³/mol. The van der Waals surface area contributed by atoms with E-state index in [4.69, 9.17) is 4.55 Å². The van der Waals surface area contributed by atoms with Crippen LogP contribution in [0.25, 0.3) is 0 Å². The van der Waals surface area contributed by atoms with Crippen molar-refractivity contribution in [1.82, 2.24) is 0 Å². The molecule has 1 unspecified atom stereocenters. The summed E-state index contributed by atoms with van der Waals surface area (Å²) in [6.07, 6.45) is 0.682. The van der Waals surface area contributed by atoms with Gasteiger partial charge in [-0.25, -0.2) is 0 Å². The Morgan fingerprint density at radius 1 is 1.62 bits per heavy atom. The Bertz CT molecular complexity index is 177. The fourth-order valence-corrected chi connectivity index (χ4v) is 0.952. The molecule has 0 heterocycles. The van der Waals surface area contributed by atoms with Gasteiger partial charge in [-0.1, -0.05) is 0 Å². The van der Waals surface area contributed by atoms with E-state index in [1.165, 1.54) is 0 Å². The monoisotopic (exact) mass is 160 g/mol. The lowest BCUT2D eigenvalue weighted by molar-refractivity contribution is 0.446. The van der Waals surface area contributed by atoms with Crippen molar-refractivity contribution < 1.29 is 20.8 Å². The molecule has 0 amide bonds. The topological polar surface area (TPSA) is 80.7 Å². The smallest absolute Gasteiger partial charge is 0.283 e. The van der Waals surface area contributed by atoms with Crippen molar-refractivity contribution in [2.45, 2.75) is 0 Å². The van der Waals surface area contributed by atoms with Crippen molar-refractivity contribution in [3.05, 3.63) is 0 Å². The van der Waals surface area contributed by atoms with Gasteiger partial charge in [0.25, 0.3) is 10.1 Å². The standard InChI is InChI=1S/CH4O5S2/c1-8(4,5)6-7(2)3/h1H3,(H,2,3). The summed E-state index contributed by atoms with van der Waals surface area (Å²) in [5.74, 6) is 0. The van der Waals surface area contributed by atoms with E-state index in [-0.39, 0.29) is 0 Å². The molecule has 0 rings (SSSR count). The van der Waals surface area contributed by atoms with Crippen molar-refractivity contribution >= 4 is 21.5 Å². The summed E-state index contributed by atoms with van der Waals surface area (Å²) in [6.45, 7) is 0. The molecule has 0 aliphatic carbocycles. The van der Waals surface area contributed by atoms with Crippen LogP contribution in [-0.4, -0.2) is 23.4 Å². The van der Waals surface area contributed by atoms with E-state index in [1.807, 2.05) is 0 Å². The van der Waals surface area contributed by atoms with Gasteiger partial charge in [0.1, 0.15) is 0 Å². The van der Waals surface area contributed by atoms with Crippen molar-refractivity contribution in [3.8, 4) is 0 Å². The highest BCUT2D eigenvalue weighted by atomic mass is 32.3. The van der Waals surface area contributed by atoms with Crippen LogP contribution in [0, 0.1) is 0 Å². The molecule has 0 aromatic carbocycles. The SMILES string of the molecule is CS(=O)(=O)OS(=O)O. The molecule has 0 aromatic rings. The minimum atomic E-state index is -3.77. The molecule has 1 N–H and O–H groups in total. The summed E-state index contributed by atoms with van der Waals surface area (Å²) >= 11 is -2.72. The highest BCUT2D eigenvalue weighted by Crippen LogP contribution is 1.87. The summed E-state index contributed by atoms with van der Waals surface area (Å²) < 4.78 is 40.5. The third-order valence-electron chi connectivity index (χ3n) is 0.182. The molecule has 0 fully saturated rings. The van der Waals surface area contributed by atoms with Gasteiger partial charge in [-0.05, 0) is 0 Å². The maximum absolute atomic E-state index is 9.87. The third kappa shape index (κ3) is 6.02. The van der Waals surface area contributed by atoms with Gasteiger partial charge in [0.2, 0.25) is 0 Å². The predicted octanol–water partition coefficient (Wildman–Crippen LogP) is -0.901. The van der Waals surface area contributed by atoms with Gasteiger partial charge < -0.3 is 0 Å². The van der Waals surface area contributed by atoms with E-state index in [1.54, 1.807) is 0 Å². The third-order valence-corrected chi connectivity index (χ3v) is 1.64. The molecule has 0 aliphatic heterocycles. The molecule has 0 spiro atoms. The van der Waals surface area contributed by atoms with Crippen LogP contribution in [0.1, 0.15) is 0 Å². The lowest BCUT2D eigenvalue weighted by Crippen LogP contribution is -2.03. The molecule has 0 bridgehead atoms. The number of rotatable bonds is 2. The minimum Gasteiger partial charge on any atom is -0.283 e. The maximum Gasteiger partial charge on any atom is 0.317 e. The Morgan fingerprint density at radius 3 is 2.00 bits per heavy atom. The number of hydrogen-bond donors (Lipinski definition) is 1. The van der Waals surface area contributed by atoms with Crippen LogP contribution in [-0.2, 0) is 25.1 Å². The van der Waals surface area contributed by atoms with Crippen LogP contribution in [0.5, 0.6) is 0 Å². The Labute approximate surface area is 49.3 Å². The molecular formula is CH4O5S2. The van der Waals surface area contributed by atoms with Crippen molar-refractivity contribution in [1.29, 1.82) is 0 Å². The van der Waals surface area contributed by atoms with Gasteiger partial charge in [-0.3, -0.25) is 4.55 Å². The zero-order valence-corrected chi connectivity index (χ0v) is 5.53. The lowest BCUT2D eigenvalue weighted by Gasteiger charge is -1.88. The highest BCUT2D eigenvalue weighted by Gasteiger charge is 2.04. The normalized spacial score (nSPS) is 15.8. The lowest BCUT2D eigenvalue weighted by atomic mass is 12.0. The van der Waals surface area contributed by atoms with E-state index in [0.29, 0.717) is 6.26 Å². The largest absolute Gasteiger partial charge is 0.317 e. The van der Waals surface area contributed by atoms with Crippen LogP contribution in [0.3, 0.4) is 0 Å². The molecule has 0 saturated heterocycles. The van der Waals surface area contributed by atoms with Crippen LogP contribution in [0.15, 0.2) is 0 Å². The first kappa shape index (κ1) is 8.02. The van der Waals surface area contributed by atoms with Gasteiger partial charge in [-0.2, -0.15) is 12.6 Å². The molecular weight excluding hydrogens is 156 g/mol. The summed E-state index contributed by atoms with van der Waals surface area (Å²) in [5, 5.41) is 0. The van der Waals surface area contributed by atoms with Crippen LogP contribution in [0.4, 0.5) is 0 Å². The van der Waals surface area contributed by atoms with Crippen LogP contribution < -0.4 is 0 Å². The molecule has 0 saturated carbocycles. The molecule has 8 heavy (non-hydrogen) atoms. The van der Waals surface area contributed by atoms with E-state index in [9.17, 15) is 12.6 Å². The molecule has 50 valence electrons. The Morgan fingerprint density at radius 2 is 2.00 bits per heavy atom. The quantitative estimate of drug-likeness (QED) is 0.529. The summed E-state index contributed by atoms with van der Waals surface area (Å²) in [7, 11) is -3.77. The van der Waals surface area contributed by atoms with Gasteiger partial charge in [0.15, 0.2) is 0 Å². The second kappa shape index (κ2) is 2.53. The van der Waals surface area contributed by atoms with Gasteiger partial charge in [-0.15, -0.1) is 3.63 Å². The van der Waals surface area contributed by atoms with Crippen molar-refractivity contribution in [2.75, 3.05) is 6.26 Å². The zero-order chi connectivity index (χ0) is 6.78. The maximum atomic E-state index is 9.87. The first-order chi connectivity index (χ1) is 3.42. The Hall–Kier alpha value is 0.0200. The van der Waals surface area contributed by atoms with E-state index < -0.39 is 21.5 Å². The second-order valence-corrected chi connectivity index (χ2v) is 3.38. The fraction of sp³-hybridized carbons (Fsp3) is 1.00. The number of hydrogen-bond acceptors (Lipinski definition) is 4. The highest BCUT2D eigenvalue weighted by molar-refractivity contribution is 7.94. The molecule has 5 nitrogen and oxygen atoms in total. The summed E-state index contributed by atoms with van der Waals surface area (Å²) in [4.78, 5) is 0. The van der Waals surface area contributed by atoms with E-state index in [2.05, 4.69) is 3.63 Å². The molecule has 0 aliphatic rings. The first-order valence-corrected chi connectivity index (χ1v) is 4.27. The average molecular weight is 160 g/mol. The van der Waals surface area contributed by atoms with Gasteiger partial charge >= 0.3 is 11.4 Å². The fourth-order valence-electron chi connectivity index (χ4n) is 0.106. The first-order valence-electron chi connectivity index (χ1n) is 1.42. The zero-order valence-electron chi connectivity index (χ0n) is 3.90. The second-order valence-electron chi connectivity index (χ2n) is 0.989. The van der Waals surface area contributed by atoms with Gasteiger partial charge in [0.05, 0.1) is 6.26 Å². The van der Waals surface area contributed by atoms with Crippen LogP contribution in [0.2, 0.25) is 0 Å². The summed E-state index contributed by atoms with van der Waals surface area (Å²) in [6, 6.07) is 0. The Kier molecular flexibility index (Phi) is 2.54. The average Bonchev–Trinajstić information content (AvgIpc) is 1.21. The molecule has 7 heteroatoms. The Balaban J connectivity index is 3.95. The van der Waals surface area contributed by atoms with Crippen molar-refractivity contribution in [3.63, 3.8) is 0 Å². The van der Waals surface area contributed by atoms with Gasteiger partial charge in [0, 0.05) is 0 Å². The van der Waals surface area contributed by atoms with E-state index in [0.717, 1.165) is 0 Å². The van der Waals surface area contributed by atoms with E-state index >= 15 is 0 Å². The minimum absolute atomic E-state index is 0.682. The van der Waals surface area contributed by atoms with Crippen LogP contribution >= 0.6 is 0 Å². The summed E-state index contributed by atoms with van der Waals surface area (Å²) in [5.41, 5.74) is 0. The molecule has 0 radical (unpaired) electrons. The molecule has 0 aromatic heterocycles.